The van der Waals surface area contributed by atoms with Gasteiger partial charge in [0.05, 0.1) is 11.2 Å². The van der Waals surface area contributed by atoms with Crippen LogP contribution in [0.3, 0.4) is 0 Å². The van der Waals surface area contributed by atoms with E-state index in [-0.39, 0.29) is 12.9 Å². The molecule has 0 fully saturated rings. The van der Waals surface area contributed by atoms with Crippen molar-refractivity contribution in [3.05, 3.63) is 102 Å². The minimum absolute atomic E-state index is 0.0424. The van der Waals surface area contributed by atoms with Gasteiger partial charge in [-0.15, -0.1) is 0 Å². The third-order valence-electron chi connectivity index (χ3n) is 6.84. The highest BCUT2D eigenvalue weighted by molar-refractivity contribution is 6.45. The summed E-state index contributed by atoms with van der Waals surface area (Å²) in [4.78, 5) is 10.1. The Hall–Kier alpha value is -3.76. The lowest BCUT2D eigenvalue weighted by Gasteiger charge is -2.22. The first kappa shape index (κ1) is 19.9. The van der Waals surface area contributed by atoms with Gasteiger partial charge < -0.3 is 5.02 Å². The van der Waals surface area contributed by atoms with Crippen LogP contribution in [0, 0.1) is 0 Å². The van der Waals surface area contributed by atoms with E-state index < -0.39 is 0 Å². The number of hydrogen-bond acceptors (Lipinski definition) is 3. The van der Waals surface area contributed by atoms with Crippen LogP contribution >= 0.6 is 0 Å². The Morgan fingerprint density at radius 1 is 0.727 bits per heavy atom. The molecule has 33 heavy (non-hydrogen) atoms. The molecular formula is C29H23BN2O. The molecule has 0 atom stereocenters. The van der Waals surface area contributed by atoms with Crippen molar-refractivity contribution < 1.29 is 5.02 Å². The van der Waals surface area contributed by atoms with E-state index in [1.807, 2.05) is 36.4 Å². The molecule has 0 saturated heterocycles. The first-order chi connectivity index (χ1) is 16.1. The van der Waals surface area contributed by atoms with Crippen LogP contribution in [0.2, 0.25) is 0 Å². The fraction of sp³-hybridized carbons (Fsp3) is 0.103. The molecule has 0 radical (unpaired) electrons. The second kappa shape index (κ2) is 7.40. The SMILES string of the molecule is CC1(C)c2cc(BO)ccc2-c2c(-c3nc(-c4ccccc4)c4ccccc4n3)cccc21. The van der Waals surface area contributed by atoms with E-state index in [1.54, 1.807) is 0 Å². The molecule has 1 aromatic heterocycles. The molecule has 4 heteroatoms. The molecule has 158 valence electrons. The molecular weight excluding hydrogens is 403 g/mol. The van der Waals surface area contributed by atoms with Crippen molar-refractivity contribution in [1.29, 1.82) is 0 Å². The van der Waals surface area contributed by atoms with Gasteiger partial charge in [0.25, 0.3) is 0 Å². The standard InChI is InChI=1S/C29H23BN2O/c1-29(2)23-13-8-12-22(26(23)20-16-15-19(30-33)17-24(20)29)28-31-25-14-7-6-11-21(25)27(32-28)18-9-4-3-5-10-18/h3-17,30,33H,1-2H3. The van der Waals surface area contributed by atoms with Crippen molar-refractivity contribution in [1.82, 2.24) is 9.97 Å². The first-order valence-corrected chi connectivity index (χ1v) is 11.3. The van der Waals surface area contributed by atoms with E-state index >= 15 is 0 Å². The first-order valence-electron chi connectivity index (χ1n) is 11.3. The molecule has 6 rings (SSSR count). The maximum atomic E-state index is 9.71. The maximum absolute atomic E-state index is 9.71. The molecule has 0 amide bonds. The van der Waals surface area contributed by atoms with E-state index in [4.69, 9.17) is 9.97 Å². The lowest BCUT2D eigenvalue weighted by Crippen LogP contribution is -2.20. The molecule has 0 aliphatic heterocycles. The molecule has 4 aromatic carbocycles. The number of nitrogens with zero attached hydrogens (tertiary/aromatic N) is 2. The number of para-hydroxylation sites is 1. The van der Waals surface area contributed by atoms with Crippen molar-refractivity contribution in [3.63, 3.8) is 0 Å². The van der Waals surface area contributed by atoms with E-state index in [0.717, 1.165) is 39.0 Å². The van der Waals surface area contributed by atoms with Crippen LogP contribution < -0.4 is 5.46 Å². The highest BCUT2D eigenvalue weighted by Crippen LogP contribution is 2.51. The van der Waals surface area contributed by atoms with Crippen molar-refractivity contribution in [2.24, 2.45) is 0 Å². The van der Waals surface area contributed by atoms with Crippen LogP contribution in [-0.4, -0.2) is 22.5 Å². The predicted molar refractivity (Wildman–Crippen MR) is 137 cm³/mol. The molecule has 0 saturated carbocycles. The molecule has 0 unspecified atom stereocenters. The molecule has 0 bridgehead atoms. The summed E-state index contributed by atoms with van der Waals surface area (Å²) in [6, 6.07) is 31.2. The predicted octanol–water partition coefficient (Wildman–Crippen LogP) is 5.24. The van der Waals surface area contributed by atoms with E-state index in [1.165, 1.54) is 22.3 Å². The quantitative estimate of drug-likeness (QED) is 0.402. The number of benzene rings is 4. The van der Waals surface area contributed by atoms with E-state index in [9.17, 15) is 5.02 Å². The molecule has 3 nitrogen and oxygen atoms in total. The lowest BCUT2D eigenvalue weighted by molar-refractivity contribution is 0.615. The minimum atomic E-state index is -0.162. The number of aromatic nitrogens is 2. The second-order valence-electron chi connectivity index (χ2n) is 9.17. The van der Waals surface area contributed by atoms with Gasteiger partial charge >= 0.3 is 7.48 Å². The van der Waals surface area contributed by atoms with Gasteiger partial charge in [-0.25, -0.2) is 9.97 Å². The van der Waals surface area contributed by atoms with Crippen molar-refractivity contribution in [3.8, 4) is 33.8 Å². The summed E-state index contributed by atoms with van der Waals surface area (Å²) in [5.41, 5.74) is 9.67. The molecule has 5 aromatic rings. The summed E-state index contributed by atoms with van der Waals surface area (Å²) in [7, 11) is 0.0424. The van der Waals surface area contributed by atoms with Gasteiger partial charge in [0.15, 0.2) is 5.82 Å². The molecule has 1 aliphatic rings. The second-order valence-corrected chi connectivity index (χ2v) is 9.17. The van der Waals surface area contributed by atoms with Gasteiger partial charge in [-0.1, -0.05) is 104 Å². The average molecular weight is 426 g/mol. The van der Waals surface area contributed by atoms with Crippen LogP contribution in [0.15, 0.2) is 91.0 Å². The van der Waals surface area contributed by atoms with Crippen LogP contribution in [0.25, 0.3) is 44.7 Å². The molecule has 1 aliphatic carbocycles. The fourth-order valence-electron chi connectivity index (χ4n) is 5.13. The summed E-state index contributed by atoms with van der Waals surface area (Å²) >= 11 is 0. The highest BCUT2D eigenvalue weighted by atomic mass is 16.2. The zero-order valence-corrected chi connectivity index (χ0v) is 18.7. The van der Waals surface area contributed by atoms with E-state index in [2.05, 4.69) is 68.4 Å². The van der Waals surface area contributed by atoms with Crippen LogP contribution in [0.4, 0.5) is 0 Å². The van der Waals surface area contributed by atoms with Crippen molar-refractivity contribution in [2.75, 3.05) is 0 Å². The number of rotatable bonds is 3. The van der Waals surface area contributed by atoms with Crippen molar-refractivity contribution >= 4 is 23.8 Å². The normalized spacial score (nSPS) is 13.5. The average Bonchev–Trinajstić information content (AvgIpc) is 3.10. The third-order valence-corrected chi connectivity index (χ3v) is 6.84. The molecule has 0 spiro atoms. The Morgan fingerprint density at radius 3 is 2.33 bits per heavy atom. The highest BCUT2D eigenvalue weighted by Gasteiger charge is 2.37. The fourth-order valence-corrected chi connectivity index (χ4v) is 5.13. The summed E-state index contributed by atoms with van der Waals surface area (Å²) in [6.07, 6.45) is 0. The maximum Gasteiger partial charge on any atom is 0.304 e. The van der Waals surface area contributed by atoms with E-state index in [0.29, 0.717) is 0 Å². The largest absolute Gasteiger partial charge is 0.449 e. The molecule has 1 heterocycles. The topological polar surface area (TPSA) is 46.0 Å². The van der Waals surface area contributed by atoms with Gasteiger partial charge in [-0.3, -0.25) is 0 Å². The smallest absolute Gasteiger partial charge is 0.304 e. The summed E-state index contributed by atoms with van der Waals surface area (Å²) in [5.74, 6) is 0.735. The summed E-state index contributed by atoms with van der Waals surface area (Å²) < 4.78 is 0. The minimum Gasteiger partial charge on any atom is -0.449 e. The lowest BCUT2D eigenvalue weighted by atomic mass is 9.79. The Bertz CT molecular complexity index is 1530. The Labute approximate surface area is 194 Å². The van der Waals surface area contributed by atoms with Gasteiger partial charge in [-0.2, -0.15) is 0 Å². The number of hydrogen-bond donors (Lipinski definition) is 1. The van der Waals surface area contributed by atoms with Crippen molar-refractivity contribution in [2.45, 2.75) is 19.3 Å². The Balaban J connectivity index is 1.65. The van der Waals surface area contributed by atoms with Crippen LogP contribution in [0.5, 0.6) is 0 Å². The van der Waals surface area contributed by atoms with Crippen LogP contribution in [-0.2, 0) is 5.41 Å². The number of fused-ring (bicyclic) bond motifs is 4. The van der Waals surface area contributed by atoms with Gasteiger partial charge in [-0.05, 0) is 28.3 Å². The third kappa shape index (κ3) is 3.02. The summed E-state index contributed by atoms with van der Waals surface area (Å²) in [5, 5.41) is 10.8. The Kier molecular flexibility index (Phi) is 4.46. The van der Waals surface area contributed by atoms with Gasteiger partial charge in [0.2, 0.25) is 0 Å². The summed E-state index contributed by atoms with van der Waals surface area (Å²) in [6.45, 7) is 4.50. The van der Waals surface area contributed by atoms with Crippen LogP contribution in [0.1, 0.15) is 25.0 Å². The zero-order valence-electron chi connectivity index (χ0n) is 18.7. The van der Waals surface area contributed by atoms with Gasteiger partial charge in [0.1, 0.15) is 0 Å². The monoisotopic (exact) mass is 426 g/mol. The van der Waals surface area contributed by atoms with Gasteiger partial charge in [0, 0.05) is 21.9 Å². The Morgan fingerprint density at radius 2 is 1.52 bits per heavy atom. The zero-order chi connectivity index (χ0) is 22.6. The molecule has 1 N–H and O–H groups in total.